The molecule has 0 spiro atoms. The third-order valence-electron chi connectivity index (χ3n) is 2.12. The first-order valence-electron chi connectivity index (χ1n) is 4.66. The maximum absolute atomic E-state index is 11.9. The Morgan fingerprint density at radius 3 is 3.06 bits per heavy atom. The van der Waals surface area contributed by atoms with E-state index in [1.165, 1.54) is 0 Å². The number of nitrogens with zero attached hydrogens (tertiary/aromatic N) is 1. The number of nitrogens with one attached hydrogen (secondary N) is 2. The van der Waals surface area contributed by atoms with Crippen LogP contribution in [0.25, 0.3) is 10.9 Å². The van der Waals surface area contributed by atoms with Crippen LogP contribution in [0.5, 0.6) is 0 Å². The molecule has 0 atom stereocenters. The molecule has 1 aromatic carbocycles. The molecule has 0 radical (unpaired) electrons. The van der Waals surface area contributed by atoms with Gasteiger partial charge in [0.1, 0.15) is 0 Å². The maximum Gasteiger partial charge on any atom is 0.255 e. The number of aromatic amines is 1. The van der Waals surface area contributed by atoms with Gasteiger partial charge in [-0.1, -0.05) is 6.07 Å². The highest BCUT2D eigenvalue weighted by atomic mass is 19.3. The van der Waals surface area contributed by atoms with Gasteiger partial charge in [0.05, 0.1) is 18.3 Å². The van der Waals surface area contributed by atoms with E-state index in [2.05, 4.69) is 15.5 Å². The van der Waals surface area contributed by atoms with Crippen LogP contribution in [0.4, 0.5) is 8.78 Å². The number of benzene rings is 1. The second-order valence-electron chi connectivity index (χ2n) is 3.27. The predicted octanol–water partition coefficient (Wildman–Crippen LogP) is 1.56. The zero-order valence-electron chi connectivity index (χ0n) is 8.21. The molecule has 16 heavy (non-hydrogen) atoms. The van der Waals surface area contributed by atoms with Crippen molar-refractivity contribution in [3.8, 4) is 0 Å². The summed E-state index contributed by atoms with van der Waals surface area (Å²) in [6.45, 7) is -0.639. The molecule has 6 heteroatoms. The van der Waals surface area contributed by atoms with E-state index in [1.807, 2.05) is 0 Å². The Balaban J connectivity index is 2.16. The molecule has 0 unspecified atom stereocenters. The number of carbonyl (C=O) groups excluding carboxylic acids is 1. The maximum atomic E-state index is 11.9. The lowest BCUT2D eigenvalue weighted by Crippen LogP contribution is -2.28. The Morgan fingerprint density at radius 1 is 1.50 bits per heavy atom. The summed E-state index contributed by atoms with van der Waals surface area (Å²) in [6, 6.07) is 4.85. The minimum absolute atomic E-state index is 0.331. The fourth-order valence-electron chi connectivity index (χ4n) is 1.35. The summed E-state index contributed by atoms with van der Waals surface area (Å²) < 4.78 is 23.8. The molecule has 1 heterocycles. The number of fused-ring (bicyclic) bond motifs is 1. The smallest absolute Gasteiger partial charge is 0.255 e. The standard InChI is InChI=1S/C10H9F2N3O/c11-9(12)5-13-10(16)6-1-2-7-4-14-15-8(7)3-6/h1-4,9H,5H2,(H,13,16)(H,14,15). The molecule has 0 saturated heterocycles. The van der Waals surface area contributed by atoms with E-state index in [1.54, 1.807) is 24.4 Å². The van der Waals surface area contributed by atoms with Crippen molar-refractivity contribution < 1.29 is 13.6 Å². The van der Waals surface area contributed by atoms with Gasteiger partial charge in [-0.25, -0.2) is 8.78 Å². The molecule has 0 bridgehead atoms. The summed E-state index contributed by atoms with van der Waals surface area (Å²) in [5.74, 6) is -0.517. The Bertz CT molecular complexity index is 509. The van der Waals surface area contributed by atoms with Crippen molar-refractivity contribution in [2.75, 3.05) is 6.54 Å². The fraction of sp³-hybridized carbons (Fsp3) is 0.200. The lowest BCUT2D eigenvalue weighted by Gasteiger charge is -2.03. The van der Waals surface area contributed by atoms with Gasteiger partial charge in [-0.15, -0.1) is 0 Å². The van der Waals surface area contributed by atoms with Crippen LogP contribution in [-0.4, -0.2) is 29.1 Å². The van der Waals surface area contributed by atoms with E-state index >= 15 is 0 Å². The molecule has 1 aromatic heterocycles. The molecule has 2 rings (SSSR count). The first kappa shape index (κ1) is 10.5. The lowest BCUT2D eigenvalue weighted by atomic mass is 10.1. The second kappa shape index (κ2) is 4.26. The molecule has 0 saturated carbocycles. The van der Waals surface area contributed by atoms with E-state index in [0.717, 1.165) is 5.39 Å². The van der Waals surface area contributed by atoms with Gasteiger partial charge in [-0.2, -0.15) is 5.10 Å². The number of hydrogen-bond acceptors (Lipinski definition) is 2. The summed E-state index contributed by atoms with van der Waals surface area (Å²) in [5, 5.41) is 9.50. The van der Waals surface area contributed by atoms with Crippen molar-refractivity contribution in [1.82, 2.24) is 15.5 Å². The van der Waals surface area contributed by atoms with E-state index in [-0.39, 0.29) is 0 Å². The number of H-pyrrole nitrogens is 1. The van der Waals surface area contributed by atoms with E-state index in [9.17, 15) is 13.6 Å². The van der Waals surface area contributed by atoms with Crippen LogP contribution < -0.4 is 5.32 Å². The number of carbonyl (C=O) groups is 1. The van der Waals surface area contributed by atoms with E-state index in [4.69, 9.17) is 0 Å². The monoisotopic (exact) mass is 225 g/mol. The molecule has 0 fully saturated rings. The normalized spacial score (nSPS) is 10.9. The van der Waals surface area contributed by atoms with Gasteiger partial charge >= 0.3 is 0 Å². The van der Waals surface area contributed by atoms with Gasteiger partial charge in [-0.3, -0.25) is 9.89 Å². The molecule has 0 aliphatic rings. The minimum Gasteiger partial charge on any atom is -0.346 e. The van der Waals surface area contributed by atoms with Crippen molar-refractivity contribution >= 4 is 16.8 Å². The Hall–Kier alpha value is -1.98. The number of hydrogen-bond donors (Lipinski definition) is 2. The highest BCUT2D eigenvalue weighted by molar-refractivity contribution is 5.97. The van der Waals surface area contributed by atoms with Crippen LogP contribution in [0.1, 0.15) is 10.4 Å². The third kappa shape index (κ3) is 2.16. The van der Waals surface area contributed by atoms with E-state index in [0.29, 0.717) is 11.1 Å². The predicted molar refractivity (Wildman–Crippen MR) is 54.4 cm³/mol. The average Bonchev–Trinajstić information content (AvgIpc) is 2.72. The van der Waals surface area contributed by atoms with Gasteiger partial charge in [-0.05, 0) is 12.1 Å². The SMILES string of the molecule is O=C(NCC(F)F)c1ccc2cn[nH]c2c1. The number of rotatable bonds is 3. The average molecular weight is 225 g/mol. The minimum atomic E-state index is -2.54. The molecular formula is C10H9F2N3O. The Labute approximate surface area is 89.6 Å². The number of halogens is 2. The molecule has 0 aliphatic carbocycles. The summed E-state index contributed by atoms with van der Waals surface area (Å²) in [6.07, 6.45) is -0.921. The number of amides is 1. The lowest BCUT2D eigenvalue weighted by molar-refractivity contribution is 0.0892. The molecule has 2 aromatic rings. The topological polar surface area (TPSA) is 57.8 Å². The number of aromatic nitrogens is 2. The van der Waals surface area contributed by atoms with Crippen molar-refractivity contribution in [3.05, 3.63) is 30.0 Å². The quantitative estimate of drug-likeness (QED) is 0.832. The molecule has 0 aliphatic heterocycles. The van der Waals surface area contributed by atoms with E-state index < -0.39 is 18.9 Å². The zero-order valence-corrected chi connectivity index (χ0v) is 8.21. The zero-order chi connectivity index (χ0) is 11.5. The summed E-state index contributed by atoms with van der Waals surface area (Å²) in [5.41, 5.74) is 1.03. The molecule has 1 amide bonds. The first-order chi connectivity index (χ1) is 7.66. The summed E-state index contributed by atoms with van der Waals surface area (Å²) in [4.78, 5) is 11.4. The van der Waals surface area contributed by atoms with Gasteiger partial charge < -0.3 is 5.32 Å². The molecule has 4 nitrogen and oxygen atoms in total. The summed E-state index contributed by atoms with van der Waals surface area (Å²) in [7, 11) is 0. The van der Waals surface area contributed by atoms with Crippen LogP contribution in [-0.2, 0) is 0 Å². The highest BCUT2D eigenvalue weighted by Crippen LogP contribution is 2.12. The van der Waals surface area contributed by atoms with Crippen molar-refractivity contribution in [2.45, 2.75) is 6.43 Å². The van der Waals surface area contributed by atoms with Crippen molar-refractivity contribution in [1.29, 1.82) is 0 Å². The van der Waals surface area contributed by atoms with Crippen LogP contribution in [0.2, 0.25) is 0 Å². The van der Waals surface area contributed by atoms with Crippen LogP contribution in [0, 0.1) is 0 Å². The summed E-state index contributed by atoms with van der Waals surface area (Å²) >= 11 is 0. The first-order valence-corrected chi connectivity index (χ1v) is 4.66. The van der Waals surface area contributed by atoms with Crippen molar-refractivity contribution in [3.63, 3.8) is 0 Å². The van der Waals surface area contributed by atoms with Gasteiger partial charge in [0.15, 0.2) is 0 Å². The number of alkyl halides is 2. The fourth-order valence-corrected chi connectivity index (χ4v) is 1.35. The third-order valence-corrected chi connectivity index (χ3v) is 2.12. The molecule has 84 valence electrons. The van der Waals surface area contributed by atoms with Crippen LogP contribution >= 0.6 is 0 Å². The van der Waals surface area contributed by atoms with Crippen LogP contribution in [0.15, 0.2) is 24.4 Å². The second-order valence-corrected chi connectivity index (χ2v) is 3.27. The van der Waals surface area contributed by atoms with Gasteiger partial charge in [0.25, 0.3) is 12.3 Å². The van der Waals surface area contributed by atoms with Crippen molar-refractivity contribution in [2.24, 2.45) is 0 Å². The van der Waals surface area contributed by atoms with Crippen LogP contribution in [0.3, 0.4) is 0 Å². The largest absolute Gasteiger partial charge is 0.346 e. The highest BCUT2D eigenvalue weighted by Gasteiger charge is 2.09. The Morgan fingerprint density at radius 2 is 2.31 bits per heavy atom. The van der Waals surface area contributed by atoms with Gasteiger partial charge in [0, 0.05) is 10.9 Å². The molecule has 2 N–H and O–H groups in total. The van der Waals surface area contributed by atoms with Gasteiger partial charge in [0.2, 0.25) is 0 Å². The molecular weight excluding hydrogens is 216 g/mol. The Kier molecular flexibility index (Phi) is 2.80.